The molecular formula is C13H18N4. The van der Waals surface area contributed by atoms with E-state index in [-0.39, 0.29) is 6.04 Å². The molecule has 0 radical (unpaired) electrons. The number of nitrogens with zero attached hydrogens (tertiary/aromatic N) is 2. The van der Waals surface area contributed by atoms with Gasteiger partial charge in [-0.3, -0.25) is 0 Å². The second kappa shape index (κ2) is 4.37. The molecule has 0 amide bonds. The molecule has 0 fully saturated rings. The van der Waals surface area contributed by atoms with Crippen LogP contribution < -0.4 is 5.73 Å². The molecule has 4 heteroatoms. The summed E-state index contributed by atoms with van der Waals surface area (Å²) in [5.41, 5.74) is 8.89. The van der Waals surface area contributed by atoms with Crippen molar-refractivity contribution in [3.05, 3.63) is 41.7 Å². The monoisotopic (exact) mass is 230 g/mol. The number of aromatic nitrogens is 3. The zero-order chi connectivity index (χ0) is 11.7. The van der Waals surface area contributed by atoms with Gasteiger partial charge in [-0.05, 0) is 30.9 Å². The van der Waals surface area contributed by atoms with Crippen LogP contribution in [0.2, 0.25) is 0 Å². The molecule has 1 aliphatic rings. The number of aryl methyl sites for hydroxylation is 2. The largest absolute Gasteiger partial charge is 0.351 e. The topological polar surface area (TPSA) is 59.6 Å². The first kappa shape index (κ1) is 10.6. The van der Waals surface area contributed by atoms with E-state index in [0.717, 1.165) is 31.6 Å². The number of aromatic amines is 1. The Labute approximate surface area is 101 Å². The average molecular weight is 230 g/mol. The normalized spacial score (nSPS) is 19.2. The molecule has 0 aromatic carbocycles. The minimum absolute atomic E-state index is 0.239. The first-order chi connectivity index (χ1) is 8.34. The maximum Gasteiger partial charge on any atom is 0.107 e. The second-order valence-electron chi connectivity index (χ2n) is 4.70. The standard InChI is InChI=1S/C13H18N4/c14-11-2-1-3-12-10(11)4-8-17(12)9-5-13-15-6-7-16-13/h4,6-8,11H,1-3,5,9,14H2,(H,15,16). The molecule has 4 nitrogen and oxygen atoms in total. The summed E-state index contributed by atoms with van der Waals surface area (Å²) in [6.45, 7) is 0.982. The summed E-state index contributed by atoms with van der Waals surface area (Å²) in [6, 6.07) is 2.42. The zero-order valence-corrected chi connectivity index (χ0v) is 9.89. The molecule has 0 aliphatic heterocycles. The third-order valence-corrected chi connectivity index (χ3v) is 3.59. The summed E-state index contributed by atoms with van der Waals surface area (Å²) in [4.78, 5) is 7.39. The van der Waals surface area contributed by atoms with Crippen LogP contribution in [0.25, 0.3) is 0 Å². The summed E-state index contributed by atoms with van der Waals surface area (Å²) in [5, 5.41) is 0. The predicted molar refractivity (Wildman–Crippen MR) is 66.6 cm³/mol. The van der Waals surface area contributed by atoms with Gasteiger partial charge in [0.2, 0.25) is 0 Å². The van der Waals surface area contributed by atoms with Crippen molar-refractivity contribution in [2.75, 3.05) is 0 Å². The van der Waals surface area contributed by atoms with Gasteiger partial charge in [-0.25, -0.2) is 4.98 Å². The Hall–Kier alpha value is -1.55. The van der Waals surface area contributed by atoms with Gasteiger partial charge in [-0.2, -0.15) is 0 Å². The van der Waals surface area contributed by atoms with Gasteiger partial charge in [0.15, 0.2) is 0 Å². The Kier molecular flexibility index (Phi) is 2.73. The summed E-state index contributed by atoms with van der Waals surface area (Å²) in [7, 11) is 0. The molecule has 1 atom stereocenters. The van der Waals surface area contributed by atoms with Crippen molar-refractivity contribution in [2.45, 2.75) is 38.3 Å². The number of nitrogens with two attached hydrogens (primary N) is 1. The van der Waals surface area contributed by atoms with Gasteiger partial charge < -0.3 is 15.3 Å². The van der Waals surface area contributed by atoms with E-state index in [1.807, 2.05) is 6.20 Å². The summed E-state index contributed by atoms with van der Waals surface area (Å²) < 4.78 is 2.33. The third kappa shape index (κ3) is 2.00. The van der Waals surface area contributed by atoms with Crippen molar-refractivity contribution in [1.82, 2.24) is 14.5 Å². The van der Waals surface area contributed by atoms with E-state index in [9.17, 15) is 0 Å². The quantitative estimate of drug-likeness (QED) is 0.844. The number of imidazole rings is 1. The van der Waals surface area contributed by atoms with E-state index >= 15 is 0 Å². The van der Waals surface area contributed by atoms with Gasteiger partial charge in [0, 0.05) is 43.3 Å². The second-order valence-corrected chi connectivity index (χ2v) is 4.70. The molecule has 2 heterocycles. The highest BCUT2D eigenvalue weighted by Crippen LogP contribution is 2.28. The van der Waals surface area contributed by atoms with Crippen molar-refractivity contribution in [1.29, 1.82) is 0 Å². The highest BCUT2D eigenvalue weighted by atomic mass is 15.0. The molecule has 1 unspecified atom stereocenters. The molecular weight excluding hydrogens is 212 g/mol. The molecule has 0 saturated carbocycles. The lowest BCUT2D eigenvalue weighted by atomic mass is 9.94. The third-order valence-electron chi connectivity index (χ3n) is 3.59. The average Bonchev–Trinajstić information content (AvgIpc) is 2.95. The predicted octanol–water partition coefficient (Wildman–Crippen LogP) is 1.79. The van der Waals surface area contributed by atoms with Crippen LogP contribution in [0.1, 0.15) is 36.0 Å². The number of H-pyrrole nitrogens is 1. The first-order valence-corrected chi connectivity index (χ1v) is 6.26. The minimum atomic E-state index is 0.239. The smallest absolute Gasteiger partial charge is 0.107 e. The molecule has 3 N–H and O–H groups in total. The first-order valence-electron chi connectivity index (χ1n) is 6.26. The lowest BCUT2D eigenvalue weighted by molar-refractivity contribution is 0.537. The van der Waals surface area contributed by atoms with E-state index in [0.29, 0.717) is 0 Å². The Morgan fingerprint density at radius 2 is 2.47 bits per heavy atom. The van der Waals surface area contributed by atoms with Crippen molar-refractivity contribution >= 4 is 0 Å². The minimum Gasteiger partial charge on any atom is -0.351 e. The van der Waals surface area contributed by atoms with Gasteiger partial charge in [-0.1, -0.05) is 0 Å². The van der Waals surface area contributed by atoms with Crippen molar-refractivity contribution < 1.29 is 0 Å². The van der Waals surface area contributed by atoms with E-state index < -0.39 is 0 Å². The molecule has 0 bridgehead atoms. The van der Waals surface area contributed by atoms with Gasteiger partial charge in [-0.15, -0.1) is 0 Å². The van der Waals surface area contributed by atoms with Crippen LogP contribution >= 0.6 is 0 Å². The lowest BCUT2D eigenvalue weighted by Gasteiger charge is -2.20. The molecule has 90 valence electrons. The van der Waals surface area contributed by atoms with Crippen LogP contribution in [-0.2, 0) is 19.4 Å². The molecule has 3 rings (SSSR count). The van der Waals surface area contributed by atoms with Crippen molar-refractivity contribution in [2.24, 2.45) is 5.73 Å². The fourth-order valence-electron chi connectivity index (χ4n) is 2.66. The number of nitrogens with one attached hydrogen (secondary N) is 1. The van der Waals surface area contributed by atoms with E-state index in [1.54, 1.807) is 6.20 Å². The van der Waals surface area contributed by atoms with Crippen LogP contribution in [-0.4, -0.2) is 14.5 Å². The molecule has 0 spiro atoms. The Morgan fingerprint density at radius 1 is 1.53 bits per heavy atom. The van der Waals surface area contributed by atoms with E-state index in [2.05, 4.69) is 26.8 Å². The Morgan fingerprint density at radius 3 is 3.29 bits per heavy atom. The van der Waals surface area contributed by atoms with E-state index in [4.69, 9.17) is 5.73 Å². The zero-order valence-electron chi connectivity index (χ0n) is 9.89. The lowest BCUT2D eigenvalue weighted by Crippen LogP contribution is -2.18. The summed E-state index contributed by atoms with van der Waals surface area (Å²) >= 11 is 0. The summed E-state index contributed by atoms with van der Waals surface area (Å²) in [5.74, 6) is 1.05. The molecule has 0 saturated heterocycles. The molecule has 1 aliphatic carbocycles. The van der Waals surface area contributed by atoms with Crippen LogP contribution in [0, 0.1) is 0 Å². The van der Waals surface area contributed by atoms with Crippen molar-refractivity contribution in [3.8, 4) is 0 Å². The van der Waals surface area contributed by atoms with Gasteiger partial charge in [0.25, 0.3) is 0 Å². The Balaban J connectivity index is 1.75. The highest BCUT2D eigenvalue weighted by molar-refractivity contribution is 5.28. The van der Waals surface area contributed by atoms with Crippen LogP contribution in [0.4, 0.5) is 0 Å². The van der Waals surface area contributed by atoms with Crippen LogP contribution in [0.5, 0.6) is 0 Å². The SMILES string of the molecule is NC1CCCc2c1ccn2CCc1ncc[nH]1. The molecule has 2 aromatic heterocycles. The summed E-state index contributed by atoms with van der Waals surface area (Å²) in [6.07, 6.45) is 10.3. The maximum absolute atomic E-state index is 6.12. The number of hydrogen-bond donors (Lipinski definition) is 2. The number of hydrogen-bond acceptors (Lipinski definition) is 2. The van der Waals surface area contributed by atoms with Crippen LogP contribution in [0.15, 0.2) is 24.7 Å². The molecule has 2 aromatic rings. The Bertz CT molecular complexity index is 483. The number of fused-ring (bicyclic) bond motifs is 1. The number of rotatable bonds is 3. The van der Waals surface area contributed by atoms with Crippen molar-refractivity contribution in [3.63, 3.8) is 0 Å². The molecule has 17 heavy (non-hydrogen) atoms. The highest BCUT2D eigenvalue weighted by Gasteiger charge is 2.19. The van der Waals surface area contributed by atoms with Gasteiger partial charge in [0.05, 0.1) is 0 Å². The van der Waals surface area contributed by atoms with Gasteiger partial charge >= 0.3 is 0 Å². The van der Waals surface area contributed by atoms with Gasteiger partial charge in [0.1, 0.15) is 5.82 Å². The van der Waals surface area contributed by atoms with Crippen LogP contribution in [0.3, 0.4) is 0 Å². The maximum atomic E-state index is 6.12. The van der Waals surface area contributed by atoms with E-state index in [1.165, 1.54) is 17.7 Å². The fourth-order valence-corrected chi connectivity index (χ4v) is 2.66. The fraction of sp³-hybridized carbons (Fsp3) is 0.462.